The number of aromatic nitrogens is 2. The summed E-state index contributed by atoms with van der Waals surface area (Å²) < 4.78 is 29.6. The predicted molar refractivity (Wildman–Crippen MR) is 71.0 cm³/mol. The standard InChI is InChI=1S/C12H13BrF2N4/c1-19-5-4-17-12(19)10(18-16)6-7-9(14)3-2-8(13)11(7)15/h2-5,10,18H,6,16H2,1H3. The van der Waals surface area contributed by atoms with Gasteiger partial charge in [-0.25, -0.2) is 19.2 Å². The molecule has 0 saturated heterocycles. The molecule has 2 rings (SSSR count). The number of nitrogens with zero attached hydrogens (tertiary/aromatic N) is 2. The third-order valence-electron chi connectivity index (χ3n) is 2.92. The highest BCUT2D eigenvalue weighted by Crippen LogP contribution is 2.25. The molecule has 0 bridgehead atoms. The van der Waals surface area contributed by atoms with Gasteiger partial charge in [0.2, 0.25) is 0 Å². The zero-order valence-electron chi connectivity index (χ0n) is 10.2. The summed E-state index contributed by atoms with van der Waals surface area (Å²) in [6.07, 6.45) is 3.42. The van der Waals surface area contributed by atoms with Crippen LogP contribution in [0.2, 0.25) is 0 Å². The Morgan fingerprint density at radius 1 is 1.47 bits per heavy atom. The first-order valence-electron chi connectivity index (χ1n) is 5.60. The average Bonchev–Trinajstić information content (AvgIpc) is 2.81. The van der Waals surface area contributed by atoms with Gasteiger partial charge in [-0.05, 0) is 28.1 Å². The van der Waals surface area contributed by atoms with Crippen LogP contribution < -0.4 is 11.3 Å². The number of benzene rings is 1. The minimum Gasteiger partial charge on any atom is -0.337 e. The minimum absolute atomic E-state index is 0.0275. The summed E-state index contributed by atoms with van der Waals surface area (Å²) in [5, 5.41) is 0. The van der Waals surface area contributed by atoms with Gasteiger partial charge in [-0.1, -0.05) is 0 Å². The van der Waals surface area contributed by atoms with Crippen LogP contribution in [0, 0.1) is 11.6 Å². The Hall–Kier alpha value is -1.31. The second-order valence-corrected chi connectivity index (χ2v) is 5.00. The van der Waals surface area contributed by atoms with Crippen molar-refractivity contribution in [2.45, 2.75) is 12.5 Å². The fraction of sp³-hybridized carbons (Fsp3) is 0.250. The Kier molecular flexibility index (Phi) is 4.28. The molecular weight excluding hydrogens is 318 g/mol. The Morgan fingerprint density at radius 2 is 2.21 bits per heavy atom. The number of hydrogen-bond acceptors (Lipinski definition) is 3. The maximum absolute atomic E-state index is 13.9. The molecule has 0 aliphatic heterocycles. The lowest BCUT2D eigenvalue weighted by molar-refractivity contribution is 0.473. The van der Waals surface area contributed by atoms with E-state index in [1.807, 2.05) is 0 Å². The van der Waals surface area contributed by atoms with Gasteiger partial charge in [0.05, 0.1) is 10.5 Å². The van der Waals surface area contributed by atoms with Gasteiger partial charge in [0, 0.05) is 31.4 Å². The molecule has 4 nitrogen and oxygen atoms in total. The lowest BCUT2D eigenvalue weighted by Gasteiger charge is -2.17. The van der Waals surface area contributed by atoms with Gasteiger partial charge in [0.25, 0.3) is 0 Å². The summed E-state index contributed by atoms with van der Waals surface area (Å²) in [5.74, 6) is 4.85. The van der Waals surface area contributed by atoms with Crippen LogP contribution in [0.15, 0.2) is 29.0 Å². The first kappa shape index (κ1) is 14.1. The number of aryl methyl sites for hydroxylation is 1. The summed E-state index contributed by atoms with van der Waals surface area (Å²) >= 11 is 3.04. The van der Waals surface area contributed by atoms with E-state index in [4.69, 9.17) is 5.84 Å². The van der Waals surface area contributed by atoms with Crippen LogP contribution in [0.3, 0.4) is 0 Å². The number of nitrogens with two attached hydrogens (primary N) is 1. The normalized spacial score (nSPS) is 12.7. The summed E-state index contributed by atoms with van der Waals surface area (Å²) in [5.41, 5.74) is 2.51. The van der Waals surface area contributed by atoms with Gasteiger partial charge < -0.3 is 4.57 Å². The van der Waals surface area contributed by atoms with Gasteiger partial charge in [-0.2, -0.15) is 0 Å². The number of rotatable bonds is 4. The number of nitrogens with one attached hydrogen (secondary N) is 1. The van der Waals surface area contributed by atoms with E-state index >= 15 is 0 Å². The maximum atomic E-state index is 13.9. The third-order valence-corrected chi connectivity index (χ3v) is 3.53. The summed E-state index contributed by atoms with van der Waals surface area (Å²) in [6, 6.07) is 2.08. The highest BCUT2D eigenvalue weighted by atomic mass is 79.9. The quantitative estimate of drug-likeness (QED) is 0.513. The van der Waals surface area contributed by atoms with Crippen molar-refractivity contribution in [2.75, 3.05) is 0 Å². The molecule has 0 amide bonds. The van der Waals surface area contributed by atoms with Crippen molar-refractivity contribution >= 4 is 15.9 Å². The van der Waals surface area contributed by atoms with Crippen LogP contribution >= 0.6 is 15.9 Å². The fourth-order valence-electron chi connectivity index (χ4n) is 1.90. The van der Waals surface area contributed by atoms with E-state index in [2.05, 4.69) is 26.3 Å². The van der Waals surface area contributed by atoms with Gasteiger partial charge >= 0.3 is 0 Å². The summed E-state index contributed by atoms with van der Waals surface area (Å²) in [7, 11) is 1.79. The zero-order chi connectivity index (χ0) is 14.0. The Balaban J connectivity index is 2.34. The van der Waals surface area contributed by atoms with Crippen molar-refractivity contribution in [3.8, 4) is 0 Å². The molecule has 2 aromatic rings. The van der Waals surface area contributed by atoms with E-state index in [9.17, 15) is 8.78 Å². The molecule has 3 N–H and O–H groups in total. The molecule has 1 aromatic carbocycles. The highest BCUT2D eigenvalue weighted by Gasteiger charge is 2.20. The van der Waals surface area contributed by atoms with E-state index in [0.717, 1.165) is 0 Å². The Morgan fingerprint density at radius 3 is 2.79 bits per heavy atom. The molecule has 0 aliphatic rings. The monoisotopic (exact) mass is 330 g/mol. The number of hydrazine groups is 1. The fourth-order valence-corrected chi connectivity index (χ4v) is 2.27. The molecule has 0 fully saturated rings. The van der Waals surface area contributed by atoms with Crippen LogP contribution in [-0.2, 0) is 13.5 Å². The van der Waals surface area contributed by atoms with E-state index in [1.54, 1.807) is 24.0 Å². The van der Waals surface area contributed by atoms with Crippen molar-refractivity contribution < 1.29 is 8.78 Å². The van der Waals surface area contributed by atoms with Crippen molar-refractivity contribution in [3.05, 3.63) is 52.0 Å². The molecule has 102 valence electrons. The van der Waals surface area contributed by atoms with E-state index in [-0.39, 0.29) is 16.5 Å². The predicted octanol–water partition coefficient (Wildman–Crippen LogP) is 2.21. The highest BCUT2D eigenvalue weighted by molar-refractivity contribution is 9.10. The SMILES string of the molecule is Cn1ccnc1C(Cc1c(F)ccc(Br)c1F)NN. The van der Waals surface area contributed by atoms with Crippen LogP contribution in [-0.4, -0.2) is 9.55 Å². The van der Waals surface area contributed by atoms with Crippen molar-refractivity contribution in [2.24, 2.45) is 12.9 Å². The molecule has 1 aromatic heterocycles. The third kappa shape index (κ3) is 2.83. The van der Waals surface area contributed by atoms with E-state index < -0.39 is 17.7 Å². The molecule has 19 heavy (non-hydrogen) atoms. The van der Waals surface area contributed by atoms with Crippen molar-refractivity contribution in [1.82, 2.24) is 15.0 Å². The summed E-state index contributed by atoms with van der Waals surface area (Å²) in [4.78, 5) is 4.13. The lowest BCUT2D eigenvalue weighted by Crippen LogP contribution is -2.32. The van der Waals surface area contributed by atoms with E-state index in [0.29, 0.717) is 5.82 Å². The van der Waals surface area contributed by atoms with Gasteiger partial charge in [0.1, 0.15) is 17.5 Å². The van der Waals surface area contributed by atoms with Crippen molar-refractivity contribution in [3.63, 3.8) is 0 Å². The second kappa shape index (κ2) is 5.77. The van der Waals surface area contributed by atoms with Crippen LogP contribution in [0.25, 0.3) is 0 Å². The largest absolute Gasteiger partial charge is 0.337 e. The first-order valence-corrected chi connectivity index (χ1v) is 6.39. The molecule has 1 atom stereocenters. The molecular formula is C12H13BrF2N4. The molecule has 0 saturated carbocycles. The number of imidazole rings is 1. The first-order chi connectivity index (χ1) is 9.04. The van der Waals surface area contributed by atoms with Crippen LogP contribution in [0.4, 0.5) is 8.78 Å². The van der Waals surface area contributed by atoms with E-state index in [1.165, 1.54) is 12.1 Å². The molecule has 0 spiro atoms. The molecule has 0 radical (unpaired) electrons. The Bertz CT molecular complexity index is 585. The molecule has 0 aliphatic carbocycles. The number of hydrogen-bond donors (Lipinski definition) is 2. The topological polar surface area (TPSA) is 55.9 Å². The van der Waals surface area contributed by atoms with Gasteiger partial charge in [0.15, 0.2) is 0 Å². The van der Waals surface area contributed by atoms with Crippen molar-refractivity contribution in [1.29, 1.82) is 0 Å². The lowest BCUT2D eigenvalue weighted by atomic mass is 10.0. The second-order valence-electron chi connectivity index (χ2n) is 4.14. The smallest absolute Gasteiger partial charge is 0.143 e. The summed E-state index contributed by atoms with van der Waals surface area (Å²) in [6.45, 7) is 0. The number of halogens is 3. The zero-order valence-corrected chi connectivity index (χ0v) is 11.8. The molecule has 1 heterocycles. The average molecular weight is 331 g/mol. The molecule has 1 unspecified atom stereocenters. The maximum Gasteiger partial charge on any atom is 0.143 e. The van der Waals surface area contributed by atoms with Crippen LogP contribution in [0.5, 0.6) is 0 Å². The Labute approximate surface area is 117 Å². The minimum atomic E-state index is -0.616. The van der Waals surface area contributed by atoms with Crippen LogP contribution in [0.1, 0.15) is 17.4 Å². The van der Waals surface area contributed by atoms with Gasteiger partial charge in [-0.15, -0.1) is 0 Å². The van der Waals surface area contributed by atoms with Gasteiger partial charge in [-0.3, -0.25) is 5.84 Å². The molecule has 7 heteroatoms.